The summed E-state index contributed by atoms with van der Waals surface area (Å²) < 4.78 is 30.3. The van der Waals surface area contributed by atoms with Crippen molar-refractivity contribution in [3.8, 4) is 0 Å². The number of carboxylic acids is 1. The molecule has 1 amide bonds. The Bertz CT molecular complexity index is 561. The molecule has 0 saturated carbocycles. The van der Waals surface area contributed by atoms with E-state index in [2.05, 4.69) is 4.74 Å². The van der Waals surface area contributed by atoms with Crippen molar-refractivity contribution < 1.29 is 33.0 Å². The average molecular weight is 301 g/mol. The molecule has 0 aliphatic carbocycles. The van der Waals surface area contributed by atoms with Crippen LogP contribution in [0.5, 0.6) is 0 Å². The van der Waals surface area contributed by atoms with E-state index in [1.165, 1.54) is 0 Å². The minimum atomic E-state index is -1.52. The number of aliphatic carboxylic acids is 1. The van der Waals surface area contributed by atoms with Gasteiger partial charge in [0.2, 0.25) is 0 Å². The molecule has 0 unspecified atom stereocenters. The summed E-state index contributed by atoms with van der Waals surface area (Å²) in [6.45, 7) is 1.62. The number of hydrogen-bond acceptors (Lipinski definition) is 4. The molecule has 1 atom stereocenters. The van der Waals surface area contributed by atoms with Gasteiger partial charge in [-0.25, -0.2) is 13.6 Å². The number of carbonyl (C=O) groups excluding carboxylic acids is 2. The fraction of sp³-hybridized carbons (Fsp3) is 0.308. The van der Waals surface area contributed by atoms with Crippen molar-refractivity contribution in [3.05, 3.63) is 35.4 Å². The minimum absolute atomic E-state index is 0.0717. The van der Waals surface area contributed by atoms with Crippen molar-refractivity contribution in [1.29, 1.82) is 0 Å². The number of esters is 1. The second-order valence-electron chi connectivity index (χ2n) is 4.00. The van der Waals surface area contributed by atoms with Crippen molar-refractivity contribution in [2.45, 2.75) is 19.4 Å². The fourth-order valence-electron chi connectivity index (χ4n) is 1.47. The third-order valence-electron chi connectivity index (χ3n) is 2.46. The van der Waals surface area contributed by atoms with Crippen LogP contribution in [0.1, 0.15) is 23.7 Å². The van der Waals surface area contributed by atoms with Crippen LogP contribution in [0.3, 0.4) is 0 Å². The topological polar surface area (TPSA) is 92.7 Å². The molecule has 8 heteroatoms. The van der Waals surface area contributed by atoms with Crippen molar-refractivity contribution in [1.82, 2.24) is 5.32 Å². The normalized spacial score (nSPS) is 11.6. The van der Waals surface area contributed by atoms with Crippen molar-refractivity contribution >= 4 is 17.8 Å². The Balaban J connectivity index is 2.78. The maximum absolute atomic E-state index is 13.0. The van der Waals surface area contributed by atoms with Gasteiger partial charge in [0.05, 0.1) is 13.0 Å². The second-order valence-corrected chi connectivity index (χ2v) is 4.00. The van der Waals surface area contributed by atoms with Crippen molar-refractivity contribution in [3.63, 3.8) is 0 Å². The predicted octanol–water partition coefficient (Wildman–Crippen LogP) is 1.10. The number of benzene rings is 1. The molecule has 0 aliphatic heterocycles. The van der Waals surface area contributed by atoms with Gasteiger partial charge in [-0.3, -0.25) is 9.59 Å². The lowest BCUT2D eigenvalue weighted by Crippen LogP contribution is -2.42. The summed E-state index contributed by atoms with van der Waals surface area (Å²) in [6, 6.07) is 0.848. The molecule has 0 saturated heterocycles. The standard InChI is InChI=1S/C13H13F2NO5/c1-2-21-11(17)6-10(13(19)20)16-12(18)7-3-4-8(14)9(15)5-7/h3-5,10H,2,6H2,1H3,(H,16,18)(H,19,20)/t10-/m0/s1. The van der Waals surface area contributed by atoms with E-state index in [-0.39, 0.29) is 12.2 Å². The highest BCUT2D eigenvalue weighted by atomic mass is 19.2. The summed E-state index contributed by atoms with van der Waals surface area (Å²) in [4.78, 5) is 33.9. The van der Waals surface area contributed by atoms with Crippen molar-refractivity contribution in [2.75, 3.05) is 6.61 Å². The van der Waals surface area contributed by atoms with Gasteiger partial charge in [0.25, 0.3) is 5.91 Å². The fourth-order valence-corrected chi connectivity index (χ4v) is 1.47. The number of nitrogens with one attached hydrogen (secondary N) is 1. The average Bonchev–Trinajstić information content (AvgIpc) is 2.41. The first-order chi connectivity index (χ1) is 9.85. The van der Waals surface area contributed by atoms with Gasteiger partial charge in [-0.2, -0.15) is 0 Å². The van der Waals surface area contributed by atoms with E-state index in [0.29, 0.717) is 6.07 Å². The zero-order valence-electron chi connectivity index (χ0n) is 11.1. The third kappa shape index (κ3) is 4.83. The molecular formula is C13H13F2NO5. The van der Waals surface area contributed by atoms with Gasteiger partial charge in [-0.15, -0.1) is 0 Å². The van der Waals surface area contributed by atoms with Crippen LogP contribution in [-0.4, -0.2) is 35.6 Å². The largest absolute Gasteiger partial charge is 0.480 e. The Labute approximate surface area is 118 Å². The number of carbonyl (C=O) groups is 3. The summed E-state index contributed by atoms with van der Waals surface area (Å²) in [7, 11) is 0. The number of amides is 1. The van der Waals surface area contributed by atoms with Gasteiger partial charge >= 0.3 is 11.9 Å². The second kappa shape index (κ2) is 7.32. The number of carboxylic acid groups (broad SMARTS) is 1. The maximum atomic E-state index is 13.0. The highest BCUT2D eigenvalue weighted by molar-refractivity contribution is 5.97. The van der Waals surface area contributed by atoms with Crippen molar-refractivity contribution in [2.24, 2.45) is 0 Å². The molecule has 0 radical (unpaired) electrons. The third-order valence-corrected chi connectivity index (χ3v) is 2.46. The van der Waals surface area contributed by atoms with Crippen LogP contribution >= 0.6 is 0 Å². The van der Waals surface area contributed by atoms with Crippen LogP contribution in [0, 0.1) is 11.6 Å². The Morgan fingerprint density at radius 2 is 1.95 bits per heavy atom. The number of halogens is 2. The van der Waals surface area contributed by atoms with Gasteiger partial charge in [0, 0.05) is 5.56 Å². The first kappa shape index (κ1) is 16.5. The molecule has 1 aromatic carbocycles. The molecule has 1 rings (SSSR count). The van der Waals surface area contributed by atoms with E-state index in [4.69, 9.17) is 5.11 Å². The number of rotatable bonds is 6. The van der Waals surface area contributed by atoms with E-state index in [0.717, 1.165) is 12.1 Å². The molecule has 0 spiro atoms. The lowest BCUT2D eigenvalue weighted by atomic mass is 10.1. The molecule has 21 heavy (non-hydrogen) atoms. The Morgan fingerprint density at radius 3 is 2.48 bits per heavy atom. The lowest BCUT2D eigenvalue weighted by Gasteiger charge is -2.13. The highest BCUT2D eigenvalue weighted by Gasteiger charge is 2.24. The first-order valence-corrected chi connectivity index (χ1v) is 5.99. The van der Waals surface area contributed by atoms with Crippen LogP contribution in [0.15, 0.2) is 18.2 Å². The molecule has 114 valence electrons. The van der Waals surface area contributed by atoms with Crippen LogP contribution in [0.25, 0.3) is 0 Å². The summed E-state index contributed by atoms with van der Waals surface area (Å²) in [6.07, 6.45) is -0.571. The zero-order chi connectivity index (χ0) is 16.0. The summed E-state index contributed by atoms with van der Waals surface area (Å²) in [5.74, 6) is -5.55. The van der Waals surface area contributed by atoms with E-state index in [1.54, 1.807) is 6.92 Å². The summed E-state index contributed by atoms with van der Waals surface area (Å²) in [5.41, 5.74) is -0.260. The van der Waals surface area contributed by atoms with Crippen LogP contribution < -0.4 is 5.32 Å². The van der Waals surface area contributed by atoms with Gasteiger partial charge in [0.15, 0.2) is 11.6 Å². The molecule has 0 heterocycles. The van der Waals surface area contributed by atoms with Gasteiger partial charge < -0.3 is 15.2 Å². The number of ether oxygens (including phenoxy) is 1. The summed E-state index contributed by atoms with van der Waals surface area (Å²) in [5, 5.41) is 11.0. The van der Waals surface area contributed by atoms with Crippen LogP contribution in [0.2, 0.25) is 0 Å². The molecule has 0 fully saturated rings. The van der Waals surface area contributed by atoms with Gasteiger partial charge in [-0.1, -0.05) is 0 Å². The lowest BCUT2D eigenvalue weighted by molar-refractivity contribution is -0.149. The zero-order valence-corrected chi connectivity index (χ0v) is 11.1. The molecule has 6 nitrogen and oxygen atoms in total. The summed E-state index contributed by atoms with van der Waals surface area (Å²) >= 11 is 0. The van der Waals surface area contributed by atoms with Gasteiger partial charge in [-0.05, 0) is 25.1 Å². The molecule has 2 N–H and O–H groups in total. The molecule has 0 aromatic heterocycles. The van der Waals surface area contributed by atoms with Crippen LogP contribution in [0.4, 0.5) is 8.78 Å². The Kier molecular flexibility index (Phi) is 5.77. The predicted molar refractivity (Wildman–Crippen MR) is 66.5 cm³/mol. The Morgan fingerprint density at radius 1 is 1.29 bits per heavy atom. The van der Waals surface area contributed by atoms with E-state index >= 15 is 0 Å². The Hall–Kier alpha value is -2.51. The van der Waals surface area contributed by atoms with Gasteiger partial charge in [0.1, 0.15) is 6.04 Å². The molecular weight excluding hydrogens is 288 g/mol. The maximum Gasteiger partial charge on any atom is 0.326 e. The number of hydrogen-bond donors (Lipinski definition) is 2. The van der Waals surface area contributed by atoms with E-state index in [9.17, 15) is 23.2 Å². The van der Waals surface area contributed by atoms with E-state index < -0.39 is 41.9 Å². The van der Waals surface area contributed by atoms with E-state index in [1.807, 2.05) is 5.32 Å². The smallest absolute Gasteiger partial charge is 0.326 e. The SMILES string of the molecule is CCOC(=O)C[C@H](NC(=O)c1ccc(F)c(F)c1)C(=O)O. The molecule has 0 bridgehead atoms. The quantitative estimate of drug-likeness (QED) is 0.768. The van der Waals surface area contributed by atoms with Crippen LogP contribution in [-0.2, 0) is 14.3 Å². The molecule has 0 aliphatic rings. The molecule has 1 aromatic rings. The highest BCUT2D eigenvalue weighted by Crippen LogP contribution is 2.09. The first-order valence-electron chi connectivity index (χ1n) is 5.99. The minimum Gasteiger partial charge on any atom is -0.480 e. The monoisotopic (exact) mass is 301 g/mol.